The first-order chi connectivity index (χ1) is 18.9. The molecule has 1 amide bonds. The third-order valence-electron chi connectivity index (χ3n) is 8.04. The molecule has 0 aliphatic heterocycles. The molecule has 1 fully saturated rings. The van der Waals surface area contributed by atoms with Gasteiger partial charge >= 0.3 is 0 Å². The van der Waals surface area contributed by atoms with E-state index in [-0.39, 0.29) is 17.9 Å². The number of benzene rings is 2. The van der Waals surface area contributed by atoms with Gasteiger partial charge < -0.3 is 15.2 Å². The molecule has 2 aliphatic rings. The topological polar surface area (TPSA) is 76.4 Å². The minimum Gasteiger partial charge on any atom is -0.497 e. The molecule has 3 unspecified atom stereocenters. The maximum atomic E-state index is 13.6. The van der Waals surface area contributed by atoms with Crippen molar-refractivity contribution in [3.8, 4) is 35.5 Å². The van der Waals surface area contributed by atoms with E-state index in [9.17, 15) is 4.79 Å². The summed E-state index contributed by atoms with van der Waals surface area (Å²) in [5, 5.41) is 15.5. The van der Waals surface area contributed by atoms with Crippen molar-refractivity contribution in [1.82, 2.24) is 15.1 Å². The zero-order chi connectivity index (χ0) is 28.5. The summed E-state index contributed by atoms with van der Waals surface area (Å²) in [6.07, 6.45) is 14.5. The van der Waals surface area contributed by atoms with E-state index in [0.717, 1.165) is 60.7 Å². The number of amides is 1. The number of carbonyl (C=O) groups is 1. The summed E-state index contributed by atoms with van der Waals surface area (Å²) in [6, 6.07) is 16.8. The number of fused-ring (bicyclic) bond motifs is 1. The first kappa shape index (κ1) is 30.0. The Morgan fingerprint density at radius 1 is 1.08 bits per heavy atom. The minimum atomic E-state index is -0.205. The fraction of sp³-hybridized carbons (Fsp3) is 0.455. The standard InChI is InChI=1S/C30H37N3O2.C2H2.CH4O/c1-19-8-11-22(12-9-19)29-26-6-5-7-27(30(34)31-21(3)23-13-10-20(2)18-23)28(26)32-33(29)24-14-16-25(35-4)17-15-24;2*1-2/h8-9,11-12,14-17,20-21,23,27H,5-7,10,13,18H2,1-4H3,(H,31,34);1-2H;2H,1H3/t20?,21-,23?,27?;;/m1../s1. The van der Waals surface area contributed by atoms with E-state index >= 15 is 0 Å². The van der Waals surface area contributed by atoms with Crippen molar-refractivity contribution < 1.29 is 14.6 Å². The molecule has 0 bridgehead atoms. The molecule has 1 heterocycles. The quantitative estimate of drug-likeness (QED) is 0.380. The van der Waals surface area contributed by atoms with Gasteiger partial charge in [0, 0.05) is 24.3 Å². The predicted molar refractivity (Wildman–Crippen MR) is 158 cm³/mol. The smallest absolute Gasteiger partial charge is 0.229 e. The molecule has 208 valence electrons. The maximum absolute atomic E-state index is 13.6. The van der Waals surface area contributed by atoms with Gasteiger partial charge in [-0.3, -0.25) is 4.79 Å². The van der Waals surface area contributed by atoms with Crippen LogP contribution in [-0.2, 0) is 11.2 Å². The van der Waals surface area contributed by atoms with E-state index in [1.54, 1.807) is 7.11 Å². The fourth-order valence-electron chi connectivity index (χ4n) is 5.93. The molecule has 2 aromatic carbocycles. The van der Waals surface area contributed by atoms with Crippen molar-refractivity contribution in [3.63, 3.8) is 0 Å². The van der Waals surface area contributed by atoms with Gasteiger partial charge in [0.2, 0.25) is 5.91 Å². The molecular weight excluding hydrogens is 486 g/mol. The molecule has 4 atom stereocenters. The van der Waals surface area contributed by atoms with Gasteiger partial charge in [-0.1, -0.05) is 43.2 Å². The molecule has 1 saturated carbocycles. The minimum absolute atomic E-state index is 0.132. The summed E-state index contributed by atoms with van der Waals surface area (Å²) < 4.78 is 7.40. The number of nitrogens with one attached hydrogen (secondary N) is 1. The highest BCUT2D eigenvalue weighted by molar-refractivity contribution is 5.85. The van der Waals surface area contributed by atoms with Crippen LogP contribution in [-0.4, -0.2) is 41.1 Å². The summed E-state index contributed by atoms with van der Waals surface area (Å²) in [6.45, 7) is 6.60. The number of aliphatic hydroxyl groups excluding tert-OH is 1. The van der Waals surface area contributed by atoms with Gasteiger partial charge in [0.25, 0.3) is 0 Å². The summed E-state index contributed by atoms with van der Waals surface area (Å²) in [5.41, 5.74) is 6.58. The molecular formula is C33H43N3O3. The summed E-state index contributed by atoms with van der Waals surface area (Å²) in [5.74, 6) is 2.08. The number of rotatable bonds is 6. The lowest BCUT2D eigenvalue weighted by Gasteiger charge is -2.26. The Bertz CT molecular complexity index is 1230. The average molecular weight is 530 g/mol. The normalized spacial score (nSPS) is 20.4. The molecule has 6 heteroatoms. The van der Waals surface area contributed by atoms with Crippen molar-refractivity contribution >= 4 is 5.91 Å². The third-order valence-corrected chi connectivity index (χ3v) is 8.04. The highest BCUT2D eigenvalue weighted by Crippen LogP contribution is 2.39. The molecule has 0 saturated heterocycles. The Balaban J connectivity index is 0.00000100. The average Bonchev–Trinajstić information content (AvgIpc) is 3.59. The lowest BCUT2D eigenvalue weighted by Crippen LogP contribution is -2.41. The summed E-state index contributed by atoms with van der Waals surface area (Å²) in [7, 11) is 2.68. The predicted octanol–water partition coefficient (Wildman–Crippen LogP) is 6.08. The van der Waals surface area contributed by atoms with Crippen LogP contribution in [0, 0.1) is 31.6 Å². The Hall–Kier alpha value is -3.56. The molecule has 2 aliphatic carbocycles. The van der Waals surface area contributed by atoms with Crippen molar-refractivity contribution in [2.24, 2.45) is 11.8 Å². The van der Waals surface area contributed by atoms with Crippen LogP contribution in [0.25, 0.3) is 16.9 Å². The van der Waals surface area contributed by atoms with Crippen LogP contribution >= 0.6 is 0 Å². The molecule has 1 aromatic heterocycles. The first-order valence-corrected chi connectivity index (χ1v) is 13.9. The van der Waals surface area contributed by atoms with E-state index < -0.39 is 0 Å². The van der Waals surface area contributed by atoms with Crippen molar-refractivity contribution in [1.29, 1.82) is 0 Å². The summed E-state index contributed by atoms with van der Waals surface area (Å²) >= 11 is 0. The molecule has 3 aromatic rings. The van der Waals surface area contributed by atoms with E-state index in [4.69, 9.17) is 14.9 Å². The number of terminal acetylenes is 1. The molecule has 39 heavy (non-hydrogen) atoms. The fourth-order valence-corrected chi connectivity index (χ4v) is 5.93. The number of aliphatic hydroxyl groups is 1. The zero-order valence-corrected chi connectivity index (χ0v) is 24.0. The van der Waals surface area contributed by atoms with Gasteiger partial charge in [-0.2, -0.15) is 5.10 Å². The van der Waals surface area contributed by atoms with Gasteiger partial charge in [-0.25, -0.2) is 4.68 Å². The largest absolute Gasteiger partial charge is 0.497 e. The van der Waals surface area contributed by atoms with Crippen LogP contribution in [0.15, 0.2) is 48.5 Å². The lowest BCUT2D eigenvalue weighted by molar-refractivity contribution is -0.123. The molecule has 0 radical (unpaired) electrons. The molecule has 6 nitrogen and oxygen atoms in total. The summed E-state index contributed by atoms with van der Waals surface area (Å²) in [4.78, 5) is 13.6. The number of methoxy groups -OCH3 is 1. The second-order valence-corrected chi connectivity index (χ2v) is 10.6. The number of aryl methyl sites for hydroxylation is 1. The van der Waals surface area contributed by atoms with Gasteiger partial charge in [0.1, 0.15) is 5.75 Å². The van der Waals surface area contributed by atoms with E-state index in [0.29, 0.717) is 5.92 Å². The van der Waals surface area contributed by atoms with Crippen molar-refractivity contribution in [3.05, 3.63) is 65.4 Å². The lowest BCUT2D eigenvalue weighted by atomic mass is 9.84. The van der Waals surface area contributed by atoms with Crippen LogP contribution in [0.2, 0.25) is 0 Å². The highest BCUT2D eigenvalue weighted by Gasteiger charge is 2.35. The Morgan fingerprint density at radius 3 is 2.33 bits per heavy atom. The maximum Gasteiger partial charge on any atom is 0.229 e. The van der Waals surface area contributed by atoms with Crippen LogP contribution in [0.5, 0.6) is 5.75 Å². The third kappa shape index (κ3) is 6.72. The number of carbonyl (C=O) groups excluding carboxylic acids is 1. The highest BCUT2D eigenvalue weighted by atomic mass is 16.5. The number of nitrogens with zero attached hydrogens (tertiary/aromatic N) is 2. The second kappa shape index (κ2) is 14.0. The Morgan fingerprint density at radius 2 is 1.74 bits per heavy atom. The Kier molecular flexibility index (Phi) is 10.8. The molecule has 2 N–H and O–H groups in total. The monoisotopic (exact) mass is 529 g/mol. The van der Waals surface area contributed by atoms with Crippen LogP contribution in [0.1, 0.15) is 68.7 Å². The number of aromatic nitrogens is 2. The van der Waals surface area contributed by atoms with E-state index in [1.807, 2.05) is 28.9 Å². The SMILES string of the molecule is C#C.CO.COc1ccc(-n2nc3c(c2-c2ccc(C)cc2)CCCC3C(=O)N[C@H](C)C2CCC(C)C2)cc1. The van der Waals surface area contributed by atoms with Gasteiger partial charge in [0.15, 0.2) is 0 Å². The first-order valence-electron chi connectivity index (χ1n) is 13.9. The molecule has 0 spiro atoms. The van der Waals surface area contributed by atoms with Crippen LogP contribution in [0.3, 0.4) is 0 Å². The molecule has 5 rings (SSSR count). The second-order valence-electron chi connectivity index (χ2n) is 10.6. The number of ether oxygens (including phenoxy) is 1. The van der Waals surface area contributed by atoms with E-state index in [1.165, 1.54) is 30.4 Å². The zero-order valence-electron chi connectivity index (χ0n) is 24.0. The van der Waals surface area contributed by atoms with Gasteiger partial charge in [0.05, 0.1) is 30.1 Å². The number of hydrogen-bond acceptors (Lipinski definition) is 4. The van der Waals surface area contributed by atoms with Crippen molar-refractivity contribution in [2.45, 2.75) is 71.3 Å². The van der Waals surface area contributed by atoms with Gasteiger partial charge in [-0.15, -0.1) is 12.8 Å². The van der Waals surface area contributed by atoms with Crippen LogP contribution < -0.4 is 10.1 Å². The van der Waals surface area contributed by atoms with Gasteiger partial charge in [-0.05, 0) is 82.1 Å². The van der Waals surface area contributed by atoms with Crippen molar-refractivity contribution in [2.75, 3.05) is 14.2 Å². The Labute approximate surface area is 233 Å². The number of hydrogen-bond donors (Lipinski definition) is 2. The van der Waals surface area contributed by atoms with E-state index in [2.05, 4.69) is 63.2 Å². The van der Waals surface area contributed by atoms with Crippen LogP contribution in [0.4, 0.5) is 0 Å².